The van der Waals surface area contributed by atoms with Gasteiger partial charge >= 0.3 is 17.9 Å². The number of esters is 3. The van der Waals surface area contributed by atoms with E-state index >= 15 is 0 Å². The Hall–Kier alpha value is -3.87. The Morgan fingerprint density at radius 3 is 1.23 bits per heavy atom. The second kappa shape index (κ2) is 12.3. The topological polar surface area (TPSA) is 140 Å². The third-order valence-corrected chi connectivity index (χ3v) is 5.70. The predicted octanol–water partition coefficient (Wildman–Crippen LogP) is 5.42. The molecule has 0 aliphatic carbocycles. The smallest absolute Gasteiger partial charge is 0.338 e. The number of phenols is 3. The van der Waals surface area contributed by atoms with Crippen LogP contribution in [0.5, 0.6) is 17.2 Å². The summed E-state index contributed by atoms with van der Waals surface area (Å²) in [5.74, 6) is -10.0. The Morgan fingerprint density at radius 1 is 0.615 bits per heavy atom. The van der Waals surface area contributed by atoms with Crippen molar-refractivity contribution in [2.45, 2.75) is 6.10 Å². The number of ether oxygens (including phenoxy) is 3. The Balaban J connectivity index is 1.78. The number of halogens is 6. The van der Waals surface area contributed by atoms with Gasteiger partial charge in [0.1, 0.15) is 13.2 Å². The van der Waals surface area contributed by atoms with Crippen molar-refractivity contribution in [1.29, 1.82) is 0 Å². The van der Waals surface area contributed by atoms with Crippen LogP contribution in [0.1, 0.15) is 31.1 Å². The molecule has 0 aliphatic rings. The molecule has 3 rings (SSSR count). The van der Waals surface area contributed by atoms with Gasteiger partial charge in [-0.05, 0) is 36.4 Å². The van der Waals surface area contributed by atoms with Crippen molar-refractivity contribution < 1.29 is 57.1 Å². The molecular formula is C24H14Cl3F3O9. The van der Waals surface area contributed by atoms with Crippen LogP contribution in [-0.4, -0.2) is 52.5 Å². The maximum Gasteiger partial charge on any atom is 0.338 e. The predicted molar refractivity (Wildman–Crippen MR) is 129 cm³/mol. The van der Waals surface area contributed by atoms with Gasteiger partial charge in [-0.15, -0.1) is 0 Å². The number of rotatable bonds is 8. The van der Waals surface area contributed by atoms with Gasteiger partial charge in [0, 0.05) is 0 Å². The minimum atomic E-state index is -1.57. The van der Waals surface area contributed by atoms with Crippen LogP contribution in [0.25, 0.3) is 0 Å². The average Bonchev–Trinajstić information content (AvgIpc) is 2.88. The third-order valence-electron chi connectivity index (χ3n) is 4.83. The van der Waals surface area contributed by atoms with Crippen LogP contribution in [0.15, 0.2) is 36.4 Å². The van der Waals surface area contributed by atoms with Crippen LogP contribution in [0.3, 0.4) is 0 Å². The molecule has 0 spiro atoms. The minimum absolute atomic E-state index is 0.432. The standard InChI is InChI=1S/C24H14Cl3F3O9/c25-13-1-9(4-16(28)19(13)31)22(34)37-7-12(39-24(36)11-3-15(27)21(33)18(30)6-11)8-38-23(35)10-2-14(26)20(32)17(29)5-10/h1-6,12,31-33H,7-8H2. The summed E-state index contributed by atoms with van der Waals surface area (Å²) in [6.45, 7) is -1.62. The van der Waals surface area contributed by atoms with Crippen molar-refractivity contribution in [2.24, 2.45) is 0 Å². The zero-order valence-electron chi connectivity index (χ0n) is 19.0. The van der Waals surface area contributed by atoms with E-state index in [2.05, 4.69) is 0 Å². The first-order valence-electron chi connectivity index (χ1n) is 10.4. The first-order chi connectivity index (χ1) is 18.3. The molecule has 0 saturated carbocycles. The first-order valence-corrected chi connectivity index (χ1v) is 11.5. The molecule has 0 atom stereocenters. The summed E-state index contributed by atoms with van der Waals surface area (Å²) in [4.78, 5) is 37.3. The molecule has 0 bridgehead atoms. The van der Waals surface area contributed by atoms with E-state index in [1.54, 1.807) is 0 Å². The average molecular weight is 610 g/mol. The molecule has 3 N–H and O–H groups in total. The maximum absolute atomic E-state index is 13.8. The number of carbonyl (C=O) groups excluding carboxylic acids is 3. The molecule has 0 unspecified atom stereocenters. The molecule has 0 heterocycles. The molecule has 0 radical (unpaired) electrons. The van der Waals surface area contributed by atoms with Gasteiger partial charge in [-0.3, -0.25) is 0 Å². The monoisotopic (exact) mass is 608 g/mol. The Labute approximate surface area is 231 Å². The van der Waals surface area contributed by atoms with E-state index in [-0.39, 0.29) is 0 Å². The SMILES string of the molecule is O=C(OCC(COC(=O)c1cc(F)c(O)c(Cl)c1)OC(=O)c1cc(F)c(O)c(Cl)c1)c1cc(F)c(O)c(Cl)c1. The van der Waals surface area contributed by atoms with Crippen LogP contribution in [0, 0.1) is 17.5 Å². The van der Waals surface area contributed by atoms with Gasteiger partial charge in [0.15, 0.2) is 40.8 Å². The highest BCUT2D eigenvalue weighted by Gasteiger charge is 2.24. The van der Waals surface area contributed by atoms with E-state index in [0.29, 0.717) is 18.2 Å². The second-order valence-corrected chi connectivity index (χ2v) is 8.81. The highest BCUT2D eigenvalue weighted by molar-refractivity contribution is 6.33. The van der Waals surface area contributed by atoms with Crippen LogP contribution in [0.2, 0.25) is 15.1 Å². The molecule has 0 amide bonds. The zero-order valence-corrected chi connectivity index (χ0v) is 21.3. The van der Waals surface area contributed by atoms with Gasteiger partial charge < -0.3 is 29.5 Å². The van der Waals surface area contributed by atoms with Crippen LogP contribution in [-0.2, 0) is 14.2 Å². The van der Waals surface area contributed by atoms with Crippen molar-refractivity contribution in [2.75, 3.05) is 13.2 Å². The van der Waals surface area contributed by atoms with E-state index < -0.39 is 104 Å². The number of hydrogen-bond donors (Lipinski definition) is 3. The lowest BCUT2D eigenvalue weighted by molar-refractivity contribution is -0.0254. The van der Waals surface area contributed by atoms with E-state index in [9.17, 15) is 42.9 Å². The molecule has 9 nitrogen and oxygen atoms in total. The van der Waals surface area contributed by atoms with Gasteiger partial charge in [-0.1, -0.05) is 34.8 Å². The molecule has 39 heavy (non-hydrogen) atoms. The molecular weight excluding hydrogens is 596 g/mol. The molecule has 3 aromatic carbocycles. The van der Waals surface area contributed by atoms with Crippen molar-refractivity contribution in [3.8, 4) is 17.2 Å². The third kappa shape index (κ3) is 7.16. The number of phenolic OH excluding ortho intramolecular Hbond substituents is 3. The largest absolute Gasteiger partial charge is 0.504 e. The zero-order chi connectivity index (χ0) is 29.0. The van der Waals surface area contributed by atoms with Gasteiger partial charge in [-0.25, -0.2) is 27.6 Å². The summed E-state index contributed by atoms with van der Waals surface area (Å²) in [7, 11) is 0. The second-order valence-electron chi connectivity index (χ2n) is 7.59. The summed E-state index contributed by atoms with van der Waals surface area (Å²) in [5, 5.41) is 26.7. The van der Waals surface area contributed by atoms with Crippen molar-refractivity contribution >= 4 is 52.7 Å². The normalized spacial score (nSPS) is 10.8. The molecule has 0 saturated heterocycles. The highest BCUT2D eigenvalue weighted by Crippen LogP contribution is 2.30. The molecule has 3 aromatic rings. The van der Waals surface area contributed by atoms with Crippen molar-refractivity contribution in [1.82, 2.24) is 0 Å². The van der Waals surface area contributed by atoms with Crippen molar-refractivity contribution in [3.05, 3.63) is 85.6 Å². The Kier molecular flexibility index (Phi) is 9.38. The van der Waals surface area contributed by atoms with Gasteiger partial charge in [-0.2, -0.15) is 0 Å². The fourth-order valence-electron chi connectivity index (χ4n) is 2.89. The summed E-state index contributed by atoms with van der Waals surface area (Å²) in [5.41, 5.74) is -1.34. The lowest BCUT2D eigenvalue weighted by Crippen LogP contribution is -2.31. The summed E-state index contributed by atoms with van der Waals surface area (Å²) in [6.07, 6.45) is -1.57. The number of aromatic hydroxyl groups is 3. The van der Waals surface area contributed by atoms with Crippen LogP contribution in [0.4, 0.5) is 13.2 Å². The Morgan fingerprint density at radius 2 is 0.923 bits per heavy atom. The van der Waals surface area contributed by atoms with E-state index in [1.807, 2.05) is 0 Å². The lowest BCUT2D eigenvalue weighted by atomic mass is 10.2. The fourth-order valence-corrected chi connectivity index (χ4v) is 3.51. The minimum Gasteiger partial charge on any atom is -0.504 e. The number of carbonyl (C=O) groups is 3. The van der Waals surface area contributed by atoms with Crippen LogP contribution >= 0.6 is 34.8 Å². The number of hydrogen-bond acceptors (Lipinski definition) is 9. The molecule has 206 valence electrons. The molecule has 0 aromatic heterocycles. The maximum atomic E-state index is 13.8. The summed E-state index contributed by atoms with van der Waals surface area (Å²) < 4.78 is 56.3. The van der Waals surface area contributed by atoms with E-state index in [1.165, 1.54) is 0 Å². The van der Waals surface area contributed by atoms with E-state index in [0.717, 1.165) is 18.2 Å². The van der Waals surface area contributed by atoms with E-state index in [4.69, 9.17) is 49.0 Å². The van der Waals surface area contributed by atoms with Crippen LogP contribution < -0.4 is 0 Å². The van der Waals surface area contributed by atoms with Gasteiger partial charge in [0.05, 0.1) is 31.8 Å². The fraction of sp³-hybridized carbons (Fsp3) is 0.125. The lowest BCUT2D eigenvalue weighted by Gasteiger charge is -2.18. The summed E-state index contributed by atoms with van der Waals surface area (Å²) >= 11 is 16.9. The highest BCUT2D eigenvalue weighted by atomic mass is 35.5. The molecule has 0 aliphatic heterocycles. The number of benzene rings is 3. The Bertz CT molecular complexity index is 1320. The quantitative estimate of drug-likeness (QED) is 0.226. The van der Waals surface area contributed by atoms with Crippen molar-refractivity contribution in [3.63, 3.8) is 0 Å². The first kappa shape index (κ1) is 29.7. The van der Waals surface area contributed by atoms with Gasteiger partial charge in [0.25, 0.3) is 0 Å². The van der Waals surface area contributed by atoms with Gasteiger partial charge in [0.2, 0.25) is 0 Å². The molecule has 15 heteroatoms. The summed E-state index contributed by atoms with van der Waals surface area (Å²) in [6, 6.07) is 4.51. The molecule has 0 fully saturated rings.